The summed E-state index contributed by atoms with van der Waals surface area (Å²) in [4.78, 5) is 14.6. The molecule has 0 spiro atoms. The number of benzene rings is 1. The molecule has 0 bridgehead atoms. The van der Waals surface area contributed by atoms with Crippen LogP contribution in [0.1, 0.15) is 16.1 Å². The predicted octanol–water partition coefficient (Wildman–Crippen LogP) is 3.13. The van der Waals surface area contributed by atoms with Crippen LogP contribution in [0.3, 0.4) is 0 Å². The van der Waals surface area contributed by atoms with Crippen molar-refractivity contribution in [3.05, 3.63) is 52.3 Å². The fourth-order valence-electron chi connectivity index (χ4n) is 1.57. The number of hydrogen-bond acceptors (Lipinski definition) is 4. The number of pyridine rings is 1. The van der Waals surface area contributed by atoms with E-state index < -0.39 is 5.97 Å². The van der Waals surface area contributed by atoms with E-state index in [0.29, 0.717) is 5.75 Å². The second-order valence-corrected chi connectivity index (χ2v) is 4.79. The molecule has 0 aliphatic heterocycles. The van der Waals surface area contributed by atoms with Crippen LogP contribution in [0, 0.1) is 0 Å². The minimum absolute atomic E-state index is 0.0000957. The number of methoxy groups -OCH3 is 1. The second-order valence-electron chi connectivity index (χ2n) is 3.94. The molecule has 0 amide bonds. The van der Waals surface area contributed by atoms with Crippen molar-refractivity contribution in [1.82, 2.24) is 4.98 Å². The summed E-state index contributed by atoms with van der Waals surface area (Å²) >= 11 is 3.39. The van der Waals surface area contributed by atoms with Crippen molar-refractivity contribution in [3.63, 3.8) is 0 Å². The number of hydrogen-bond donors (Lipinski definition) is 1. The van der Waals surface area contributed by atoms with Gasteiger partial charge in [-0.1, -0.05) is 0 Å². The zero-order valence-corrected chi connectivity index (χ0v) is 12.3. The lowest BCUT2D eigenvalue weighted by Crippen LogP contribution is -2.03. The van der Waals surface area contributed by atoms with Gasteiger partial charge in [-0.3, -0.25) is 0 Å². The third kappa shape index (κ3) is 3.48. The first-order valence-electron chi connectivity index (χ1n) is 5.74. The molecule has 20 heavy (non-hydrogen) atoms. The third-order valence-corrected chi connectivity index (χ3v) is 3.20. The first-order valence-corrected chi connectivity index (χ1v) is 6.54. The second kappa shape index (κ2) is 6.38. The zero-order valence-electron chi connectivity index (χ0n) is 10.7. The molecule has 0 radical (unpaired) electrons. The van der Waals surface area contributed by atoms with Crippen LogP contribution in [0.2, 0.25) is 0 Å². The molecule has 1 heterocycles. The zero-order chi connectivity index (χ0) is 14.5. The van der Waals surface area contributed by atoms with Gasteiger partial charge in [-0.15, -0.1) is 0 Å². The van der Waals surface area contributed by atoms with E-state index in [9.17, 15) is 4.79 Å². The van der Waals surface area contributed by atoms with Gasteiger partial charge in [0.05, 0.1) is 11.6 Å². The number of halogens is 1. The number of carbonyl (C=O) groups is 1. The molecule has 0 aliphatic carbocycles. The maximum Gasteiger partial charge on any atom is 0.354 e. The molecular formula is C14H12BrNO4. The van der Waals surface area contributed by atoms with E-state index >= 15 is 0 Å². The number of carboxylic acid groups (broad SMARTS) is 1. The molecule has 0 fully saturated rings. The Morgan fingerprint density at radius 3 is 2.80 bits per heavy atom. The molecule has 104 valence electrons. The quantitative estimate of drug-likeness (QED) is 0.907. The molecule has 0 saturated heterocycles. The molecule has 0 atom stereocenters. The van der Waals surface area contributed by atoms with Crippen molar-refractivity contribution in [2.75, 3.05) is 7.11 Å². The number of nitrogens with zero attached hydrogens (tertiary/aromatic N) is 1. The van der Waals surface area contributed by atoms with Gasteiger partial charge in [-0.05, 0) is 51.8 Å². The minimum Gasteiger partial charge on any atom is -0.497 e. The van der Waals surface area contributed by atoms with Crippen molar-refractivity contribution in [1.29, 1.82) is 0 Å². The molecule has 5 nitrogen and oxygen atoms in total. The number of ether oxygens (including phenoxy) is 2. The van der Waals surface area contributed by atoms with Crippen LogP contribution < -0.4 is 9.47 Å². The SMILES string of the molecule is COc1ccc(OCc2ccnc(C(=O)O)c2)c(Br)c1. The van der Waals surface area contributed by atoms with Crippen LogP contribution in [0.4, 0.5) is 0 Å². The van der Waals surface area contributed by atoms with Gasteiger partial charge >= 0.3 is 5.97 Å². The van der Waals surface area contributed by atoms with Gasteiger partial charge in [0.2, 0.25) is 0 Å². The number of aromatic nitrogens is 1. The molecule has 2 rings (SSSR count). The van der Waals surface area contributed by atoms with E-state index in [1.54, 1.807) is 31.4 Å². The average Bonchev–Trinajstić information content (AvgIpc) is 2.46. The highest BCUT2D eigenvalue weighted by atomic mass is 79.9. The van der Waals surface area contributed by atoms with Crippen molar-refractivity contribution in [3.8, 4) is 11.5 Å². The van der Waals surface area contributed by atoms with Gasteiger partial charge in [0, 0.05) is 6.20 Å². The largest absolute Gasteiger partial charge is 0.497 e. The Hall–Kier alpha value is -2.08. The van der Waals surface area contributed by atoms with E-state index in [4.69, 9.17) is 14.6 Å². The van der Waals surface area contributed by atoms with Crippen LogP contribution in [-0.4, -0.2) is 23.2 Å². The summed E-state index contributed by atoms with van der Waals surface area (Å²) in [5, 5.41) is 8.87. The average molecular weight is 338 g/mol. The highest BCUT2D eigenvalue weighted by molar-refractivity contribution is 9.10. The molecular weight excluding hydrogens is 326 g/mol. The number of rotatable bonds is 5. The van der Waals surface area contributed by atoms with Crippen molar-refractivity contribution < 1.29 is 19.4 Å². The Morgan fingerprint density at radius 2 is 2.15 bits per heavy atom. The molecule has 1 N–H and O–H groups in total. The molecule has 6 heteroatoms. The number of carboxylic acids is 1. The molecule has 1 aromatic carbocycles. The van der Waals surface area contributed by atoms with Crippen LogP contribution in [0.25, 0.3) is 0 Å². The summed E-state index contributed by atoms with van der Waals surface area (Å²) in [5.41, 5.74) is 0.736. The van der Waals surface area contributed by atoms with Crippen LogP contribution in [-0.2, 0) is 6.61 Å². The molecule has 0 unspecified atom stereocenters. The van der Waals surface area contributed by atoms with Crippen LogP contribution in [0.15, 0.2) is 41.0 Å². The summed E-state index contributed by atoms with van der Waals surface area (Å²) in [5.74, 6) is 0.318. The standard InChI is InChI=1S/C14H12BrNO4/c1-19-10-2-3-13(11(15)7-10)20-8-9-4-5-16-12(6-9)14(17)18/h2-7H,8H2,1H3,(H,17,18). The normalized spacial score (nSPS) is 10.1. The van der Waals surface area contributed by atoms with Gasteiger partial charge in [0.15, 0.2) is 0 Å². The van der Waals surface area contributed by atoms with E-state index in [-0.39, 0.29) is 12.3 Å². The lowest BCUT2D eigenvalue weighted by atomic mass is 10.2. The van der Waals surface area contributed by atoms with E-state index in [1.165, 1.54) is 12.3 Å². The maximum absolute atomic E-state index is 10.8. The summed E-state index contributed by atoms with van der Waals surface area (Å²) in [6, 6.07) is 8.56. The van der Waals surface area contributed by atoms with Gasteiger partial charge < -0.3 is 14.6 Å². The van der Waals surface area contributed by atoms with Crippen molar-refractivity contribution in [2.24, 2.45) is 0 Å². The van der Waals surface area contributed by atoms with E-state index in [1.807, 2.05) is 0 Å². The Morgan fingerprint density at radius 1 is 1.35 bits per heavy atom. The predicted molar refractivity (Wildman–Crippen MR) is 76.2 cm³/mol. The van der Waals surface area contributed by atoms with Crippen LogP contribution >= 0.6 is 15.9 Å². The fraction of sp³-hybridized carbons (Fsp3) is 0.143. The summed E-state index contributed by atoms with van der Waals surface area (Å²) in [7, 11) is 1.59. The van der Waals surface area contributed by atoms with Gasteiger partial charge in [-0.25, -0.2) is 9.78 Å². The first kappa shape index (κ1) is 14.3. The number of aromatic carboxylic acids is 1. The van der Waals surface area contributed by atoms with Gasteiger partial charge in [-0.2, -0.15) is 0 Å². The van der Waals surface area contributed by atoms with E-state index in [0.717, 1.165) is 15.8 Å². The maximum atomic E-state index is 10.8. The molecule has 0 saturated carbocycles. The van der Waals surface area contributed by atoms with Gasteiger partial charge in [0.25, 0.3) is 0 Å². The highest BCUT2D eigenvalue weighted by Gasteiger charge is 2.07. The topological polar surface area (TPSA) is 68.7 Å². The monoisotopic (exact) mass is 337 g/mol. The van der Waals surface area contributed by atoms with Crippen molar-refractivity contribution >= 4 is 21.9 Å². The van der Waals surface area contributed by atoms with Crippen molar-refractivity contribution in [2.45, 2.75) is 6.61 Å². The molecule has 0 aliphatic rings. The Kier molecular flexibility index (Phi) is 4.57. The smallest absolute Gasteiger partial charge is 0.354 e. The van der Waals surface area contributed by atoms with E-state index in [2.05, 4.69) is 20.9 Å². The lowest BCUT2D eigenvalue weighted by Gasteiger charge is -2.09. The first-order chi connectivity index (χ1) is 9.60. The fourth-order valence-corrected chi connectivity index (χ4v) is 2.04. The lowest BCUT2D eigenvalue weighted by molar-refractivity contribution is 0.0690. The highest BCUT2D eigenvalue weighted by Crippen LogP contribution is 2.29. The van der Waals surface area contributed by atoms with Gasteiger partial charge in [0.1, 0.15) is 23.8 Å². The van der Waals surface area contributed by atoms with Crippen LogP contribution in [0.5, 0.6) is 11.5 Å². The summed E-state index contributed by atoms with van der Waals surface area (Å²) in [6.45, 7) is 0.258. The Bertz CT molecular complexity index is 630. The molecule has 2 aromatic rings. The molecule has 1 aromatic heterocycles. The summed E-state index contributed by atoms with van der Waals surface area (Å²) in [6.07, 6.45) is 1.45. The Balaban J connectivity index is 2.09. The minimum atomic E-state index is -1.06. The summed E-state index contributed by atoms with van der Waals surface area (Å²) < 4.78 is 11.5. The third-order valence-electron chi connectivity index (χ3n) is 2.58. The Labute approximate surface area is 124 Å².